The minimum absolute atomic E-state index is 0. The second kappa shape index (κ2) is 13.2. The summed E-state index contributed by atoms with van der Waals surface area (Å²) >= 11 is 0. The highest BCUT2D eigenvalue weighted by molar-refractivity contribution is 14.0. The van der Waals surface area contributed by atoms with E-state index in [-0.39, 0.29) is 24.0 Å². The summed E-state index contributed by atoms with van der Waals surface area (Å²) in [5, 5.41) is 12.4. The van der Waals surface area contributed by atoms with Crippen molar-refractivity contribution in [2.24, 2.45) is 10.9 Å². The number of hydrogen-bond donors (Lipinski definition) is 1. The normalized spacial score (nSPS) is 17.4. The Bertz CT molecular complexity index is 826. The summed E-state index contributed by atoms with van der Waals surface area (Å²) in [6.45, 7) is 7.20. The van der Waals surface area contributed by atoms with Crippen LogP contribution in [0.5, 0.6) is 0 Å². The molecule has 0 spiro atoms. The van der Waals surface area contributed by atoms with E-state index in [1.165, 1.54) is 49.9 Å². The molecule has 1 N–H and O–H groups in total. The number of aryl methyl sites for hydroxylation is 2. The SMILES string of the molecule is CCNC(=NCCCc1nnc2n1CCCCC2)N1CCC(Cc2ccccc2)CC1.I. The molecular formula is C25H39IN6. The molecule has 1 aromatic heterocycles. The summed E-state index contributed by atoms with van der Waals surface area (Å²) in [6, 6.07) is 10.9. The Balaban J connectivity index is 0.00000289. The first-order valence-electron chi connectivity index (χ1n) is 12.3. The largest absolute Gasteiger partial charge is 0.357 e. The monoisotopic (exact) mass is 550 g/mol. The van der Waals surface area contributed by atoms with Crippen molar-refractivity contribution in [1.29, 1.82) is 0 Å². The van der Waals surface area contributed by atoms with E-state index in [0.29, 0.717) is 0 Å². The third-order valence-electron chi connectivity index (χ3n) is 6.62. The van der Waals surface area contributed by atoms with Gasteiger partial charge in [0.1, 0.15) is 11.6 Å². The van der Waals surface area contributed by atoms with Crippen LogP contribution in [0.25, 0.3) is 0 Å². The number of likely N-dealkylation sites (tertiary alicyclic amines) is 1. The van der Waals surface area contributed by atoms with Gasteiger partial charge in [-0.3, -0.25) is 4.99 Å². The van der Waals surface area contributed by atoms with Crippen molar-refractivity contribution >= 4 is 29.9 Å². The first kappa shape index (κ1) is 25.0. The summed E-state index contributed by atoms with van der Waals surface area (Å²) in [7, 11) is 0. The zero-order valence-corrected chi connectivity index (χ0v) is 21.8. The lowest BCUT2D eigenvalue weighted by Crippen LogP contribution is -2.46. The van der Waals surface area contributed by atoms with Crippen molar-refractivity contribution in [3.8, 4) is 0 Å². The molecule has 0 atom stereocenters. The van der Waals surface area contributed by atoms with Crippen LogP contribution >= 0.6 is 24.0 Å². The molecule has 1 saturated heterocycles. The average molecular weight is 551 g/mol. The summed E-state index contributed by atoms with van der Waals surface area (Å²) in [5.41, 5.74) is 1.47. The Morgan fingerprint density at radius 1 is 1.06 bits per heavy atom. The van der Waals surface area contributed by atoms with Gasteiger partial charge >= 0.3 is 0 Å². The van der Waals surface area contributed by atoms with Crippen LogP contribution in [-0.2, 0) is 25.8 Å². The maximum Gasteiger partial charge on any atom is 0.193 e. The van der Waals surface area contributed by atoms with E-state index >= 15 is 0 Å². The lowest BCUT2D eigenvalue weighted by atomic mass is 9.90. The van der Waals surface area contributed by atoms with Gasteiger partial charge in [-0.15, -0.1) is 34.2 Å². The average Bonchev–Trinajstić information content (AvgIpc) is 3.03. The zero-order valence-electron chi connectivity index (χ0n) is 19.5. The lowest BCUT2D eigenvalue weighted by Gasteiger charge is -2.34. The highest BCUT2D eigenvalue weighted by atomic mass is 127. The number of benzene rings is 1. The molecule has 2 aliphatic rings. The number of halogens is 1. The number of aliphatic imine (C=N–C) groups is 1. The highest BCUT2D eigenvalue weighted by Gasteiger charge is 2.21. The van der Waals surface area contributed by atoms with Crippen LogP contribution in [0.2, 0.25) is 0 Å². The molecule has 4 rings (SSSR count). The van der Waals surface area contributed by atoms with Gasteiger partial charge in [0.2, 0.25) is 0 Å². The molecule has 0 radical (unpaired) electrons. The van der Waals surface area contributed by atoms with E-state index in [1.807, 2.05) is 0 Å². The fraction of sp³-hybridized carbons (Fsp3) is 0.640. The second-order valence-electron chi connectivity index (χ2n) is 8.95. The predicted molar refractivity (Wildman–Crippen MR) is 142 cm³/mol. The van der Waals surface area contributed by atoms with Crippen LogP contribution in [0.15, 0.2) is 35.3 Å². The fourth-order valence-corrected chi connectivity index (χ4v) is 4.87. The number of rotatable bonds is 7. The van der Waals surface area contributed by atoms with Crippen LogP contribution in [0, 0.1) is 5.92 Å². The van der Waals surface area contributed by atoms with E-state index in [4.69, 9.17) is 4.99 Å². The third-order valence-corrected chi connectivity index (χ3v) is 6.62. The maximum atomic E-state index is 4.95. The Hall–Kier alpha value is -1.64. The van der Waals surface area contributed by atoms with Gasteiger partial charge < -0.3 is 14.8 Å². The fourth-order valence-electron chi connectivity index (χ4n) is 4.87. The smallest absolute Gasteiger partial charge is 0.193 e. The predicted octanol–water partition coefficient (Wildman–Crippen LogP) is 4.48. The van der Waals surface area contributed by atoms with Crippen molar-refractivity contribution in [1.82, 2.24) is 25.0 Å². The molecule has 176 valence electrons. The Morgan fingerprint density at radius 3 is 2.66 bits per heavy atom. The van der Waals surface area contributed by atoms with Gasteiger partial charge in [-0.05, 0) is 56.9 Å². The molecule has 0 aliphatic carbocycles. The van der Waals surface area contributed by atoms with Crippen molar-refractivity contribution in [2.75, 3.05) is 26.2 Å². The van der Waals surface area contributed by atoms with E-state index in [0.717, 1.165) is 69.7 Å². The van der Waals surface area contributed by atoms with Crippen molar-refractivity contribution in [3.05, 3.63) is 47.5 Å². The Morgan fingerprint density at radius 2 is 1.88 bits per heavy atom. The van der Waals surface area contributed by atoms with Crippen LogP contribution in [0.1, 0.15) is 62.7 Å². The van der Waals surface area contributed by atoms with Gasteiger partial charge in [0.25, 0.3) is 0 Å². The Labute approximate surface area is 210 Å². The lowest BCUT2D eigenvalue weighted by molar-refractivity contribution is 0.259. The maximum absolute atomic E-state index is 4.95. The number of hydrogen-bond acceptors (Lipinski definition) is 3. The van der Waals surface area contributed by atoms with E-state index in [9.17, 15) is 0 Å². The molecule has 6 nitrogen and oxygen atoms in total. The molecule has 1 aromatic carbocycles. The molecule has 0 bridgehead atoms. The van der Waals surface area contributed by atoms with Crippen LogP contribution < -0.4 is 5.32 Å². The van der Waals surface area contributed by atoms with E-state index in [2.05, 4.69) is 62.2 Å². The van der Waals surface area contributed by atoms with Crippen LogP contribution in [0.3, 0.4) is 0 Å². The molecule has 1 fully saturated rings. The molecule has 0 amide bonds. The standard InChI is InChI=1S/C25H38N6.HI/c1-2-26-25(30-18-14-22(15-19-30)20-21-10-5-3-6-11-21)27-16-9-13-24-29-28-23-12-7-4-8-17-31(23)24;/h3,5-6,10-11,22H,2,4,7-9,12-20H2,1H3,(H,26,27);1H. The summed E-state index contributed by atoms with van der Waals surface area (Å²) < 4.78 is 2.36. The number of piperidine rings is 1. The van der Waals surface area contributed by atoms with E-state index in [1.54, 1.807) is 0 Å². The number of nitrogens with zero attached hydrogens (tertiary/aromatic N) is 5. The topological polar surface area (TPSA) is 58.3 Å². The molecule has 2 aliphatic heterocycles. The first-order valence-corrected chi connectivity index (χ1v) is 12.3. The van der Waals surface area contributed by atoms with Gasteiger partial charge in [-0.2, -0.15) is 0 Å². The third kappa shape index (κ3) is 6.93. The van der Waals surface area contributed by atoms with Gasteiger partial charge in [-0.25, -0.2) is 0 Å². The molecule has 7 heteroatoms. The van der Waals surface area contributed by atoms with Crippen molar-refractivity contribution in [2.45, 2.75) is 71.3 Å². The number of aromatic nitrogens is 3. The van der Waals surface area contributed by atoms with Gasteiger partial charge in [-0.1, -0.05) is 36.8 Å². The minimum Gasteiger partial charge on any atom is -0.357 e. The molecule has 0 saturated carbocycles. The molecule has 0 unspecified atom stereocenters. The van der Waals surface area contributed by atoms with Crippen molar-refractivity contribution < 1.29 is 0 Å². The van der Waals surface area contributed by atoms with Crippen molar-refractivity contribution in [3.63, 3.8) is 0 Å². The minimum atomic E-state index is 0. The van der Waals surface area contributed by atoms with E-state index < -0.39 is 0 Å². The molecule has 3 heterocycles. The second-order valence-corrected chi connectivity index (χ2v) is 8.95. The van der Waals surface area contributed by atoms with Gasteiger partial charge in [0.05, 0.1) is 0 Å². The Kier molecular flexibility index (Phi) is 10.3. The molecule has 32 heavy (non-hydrogen) atoms. The highest BCUT2D eigenvalue weighted by Crippen LogP contribution is 2.22. The molecule has 2 aromatic rings. The first-order chi connectivity index (χ1) is 15.3. The zero-order chi connectivity index (χ0) is 21.3. The quantitative estimate of drug-likeness (QED) is 0.239. The number of guanidine groups is 1. The van der Waals surface area contributed by atoms with Crippen LogP contribution in [0.4, 0.5) is 0 Å². The number of fused-ring (bicyclic) bond motifs is 1. The van der Waals surface area contributed by atoms with Gasteiger partial charge in [0, 0.05) is 45.6 Å². The summed E-state index contributed by atoms with van der Waals surface area (Å²) in [5.74, 6) is 4.20. The van der Waals surface area contributed by atoms with Crippen LogP contribution in [-0.4, -0.2) is 51.8 Å². The summed E-state index contributed by atoms with van der Waals surface area (Å²) in [6.07, 6.45) is 10.6. The number of nitrogens with one attached hydrogen (secondary N) is 1. The summed E-state index contributed by atoms with van der Waals surface area (Å²) in [4.78, 5) is 7.40. The van der Waals surface area contributed by atoms with Gasteiger partial charge in [0.15, 0.2) is 5.96 Å². The molecular weight excluding hydrogens is 511 g/mol.